The molecule has 1 aromatic carbocycles. The summed E-state index contributed by atoms with van der Waals surface area (Å²) in [6.07, 6.45) is -2.74. The number of hydrogen-bond donors (Lipinski definition) is 2. The van der Waals surface area contributed by atoms with Crippen LogP contribution in [0, 0.1) is 0 Å². The largest absolute Gasteiger partial charge is 0.468 e. The van der Waals surface area contributed by atoms with Crippen LogP contribution in [0.1, 0.15) is 11.3 Å². The second kappa shape index (κ2) is 8.26. The molecule has 0 amide bonds. The highest BCUT2D eigenvalue weighted by molar-refractivity contribution is 7.98. The van der Waals surface area contributed by atoms with Gasteiger partial charge in [-0.1, -0.05) is 6.07 Å². The van der Waals surface area contributed by atoms with Crippen molar-refractivity contribution in [1.82, 2.24) is 5.32 Å². The lowest BCUT2D eigenvalue weighted by molar-refractivity contribution is -0.137. The second-order valence-electron chi connectivity index (χ2n) is 4.59. The van der Waals surface area contributed by atoms with E-state index in [0.717, 1.165) is 29.4 Å². The lowest BCUT2D eigenvalue weighted by atomic mass is 10.2. The number of halogens is 3. The minimum Gasteiger partial charge on any atom is -0.468 e. The van der Waals surface area contributed by atoms with Crippen LogP contribution in [0.15, 0.2) is 47.1 Å². The maximum absolute atomic E-state index is 12.6. The Kier molecular flexibility index (Phi) is 6.35. The van der Waals surface area contributed by atoms with Crippen LogP contribution in [0.4, 0.5) is 18.9 Å². The number of anilines is 1. The van der Waals surface area contributed by atoms with E-state index in [9.17, 15) is 13.2 Å². The predicted molar refractivity (Wildman–Crippen MR) is 90.5 cm³/mol. The highest BCUT2D eigenvalue weighted by Gasteiger charge is 2.30. The van der Waals surface area contributed by atoms with Gasteiger partial charge in [-0.25, -0.2) is 0 Å². The number of furan rings is 1. The molecule has 23 heavy (non-hydrogen) atoms. The summed E-state index contributed by atoms with van der Waals surface area (Å²) in [5.41, 5.74) is -0.403. The number of hydrogen-bond acceptors (Lipinski definition) is 3. The first kappa shape index (κ1) is 17.7. The van der Waals surface area contributed by atoms with E-state index >= 15 is 0 Å². The number of alkyl halides is 3. The first-order chi connectivity index (χ1) is 10.9. The molecule has 2 N–H and O–H groups in total. The van der Waals surface area contributed by atoms with Gasteiger partial charge >= 0.3 is 6.18 Å². The van der Waals surface area contributed by atoms with Crippen LogP contribution < -0.4 is 10.6 Å². The zero-order chi connectivity index (χ0) is 16.7. The van der Waals surface area contributed by atoms with Gasteiger partial charge < -0.3 is 15.1 Å². The molecule has 1 heterocycles. The van der Waals surface area contributed by atoms with Gasteiger partial charge in [-0.2, -0.15) is 24.9 Å². The molecule has 0 saturated carbocycles. The summed E-state index contributed by atoms with van der Waals surface area (Å²) in [5.74, 6) is 2.47. The molecule has 0 atom stereocenters. The van der Waals surface area contributed by atoms with E-state index in [4.69, 9.17) is 16.6 Å². The molecule has 8 heteroatoms. The third-order valence-corrected chi connectivity index (χ3v) is 4.03. The Labute approximate surface area is 141 Å². The van der Waals surface area contributed by atoms with Gasteiger partial charge in [0.15, 0.2) is 5.11 Å². The van der Waals surface area contributed by atoms with Crippen LogP contribution in [0.3, 0.4) is 0 Å². The van der Waals surface area contributed by atoms with E-state index in [0.29, 0.717) is 17.3 Å². The van der Waals surface area contributed by atoms with Gasteiger partial charge in [0.05, 0.1) is 17.6 Å². The summed E-state index contributed by atoms with van der Waals surface area (Å²) in [7, 11) is 0. The first-order valence-electron chi connectivity index (χ1n) is 6.77. The third-order valence-electron chi connectivity index (χ3n) is 2.80. The number of benzene rings is 1. The van der Waals surface area contributed by atoms with Crippen LogP contribution in [-0.2, 0) is 11.9 Å². The highest BCUT2D eigenvalue weighted by Crippen LogP contribution is 2.30. The smallest absolute Gasteiger partial charge is 0.416 e. The van der Waals surface area contributed by atoms with Crippen molar-refractivity contribution >= 4 is 34.8 Å². The molecule has 0 aliphatic rings. The quantitative estimate of drug-likeness (QED) is 0.585. The van der Waals surface area contributed by atoms with E-state index in [1.807, 2.05) is 12.1 Å². The molecule has 0 aliphatic heterocycles. The molecule has 2 aromatic rings. The Bertz CT molecular complexity index is 630. The van der Waals surface area contributed by atoms with E-state index in [1.165, 1.54) is 12.1 Å². The topological polar surface area (TPSA) is 37.2 Å². The maximum atomic E-state index is 12.6. The molecular weight excluding hydrogens is 345 g/mol. The molecular formula is C15H15F3N2OS2. The fourth-order valence-electron chi connectivity index (χ4n) is 1.75. The van der Waals surface area contributed by atoms with Gasteiger partial charge in [0.1, 0.15) is 5.76 Å². The Morgan fingerprint density at radius 1 is 1.22 bits per heavy atom. The predicted octanol–water partition coefficient (Wildman–Crippen LogP) is 4.52. The van der Waals surface area contributed by atoms with Crippen molar-refractivity contribution in [2.24, 2.45) is 0 Å². The van der Waals surface area contributed by atoms with E-state index < -0.39 is 11.7 Å². The fraction of sp³-hybridized carbons (Fsp3) is 0.267. The average molecular weight is 360 g/mol. The highest BCUT2D eigenvalue weighted by atomic mass is 32.2. The van der Waals surface area contributed by atoms with Gasteiger partial charge in [-0.05, 0) is 42.5 Å². The molecule has 0 aliphatic carbocycles. The summed E-state index contributed by atoms with van der Waals surface area (Å²) in [5, 5.41) is 6.00. The summed E-state index contributed by atoms with van der Waals surface area (Å²) in [4.78, 5) is 0. The first-order valence-corrected chi connectivity index (χ1v) is 8.34. The SMILES string of the molecule is FC(F)(F)c1cccc(NC(=S)NCCSCc2ccco2)c1. The minimum atomic E-state index is -4.37. The molecule has 2 rings (SSSR count). The molecule has 3 nitrogen and oxygen atoms in total. The van der Waals surface area contributed by atoms with Gasteiger partial charge in [-0.3, -0.25) is 0 Å². The van der Waals surface area contributed by atoms with Crippen molar-refractivity contribution in [1.29, 1.82) is 0 Å². The molecule has 1 aromatic heterocycles. The molecule has 0 spiro atoms. The van der Waals surface area contributed by atoms with Crippen molar-refractivity contribution < 1.29 is 17.6 Å². The standard InChI is InChI=1S/C15H15F3N2OS2/c16-15(17,18)11-3-1-4-12(9-11)20-14(22)19-6-8-23-10-13-5-2-7-21-13/h1-5,7,9H,6,8,10H2,(H2,19,20,22). The third kappa shape index (κ3) is 6.15. The minimum absolute atomic E-state index is 0.294. The number of thiocarbonyl (C=S) groups is 1. The lowest BCUT2D eigenvalue weighted by Crippen LogP contribution is -2.30. The zero-order valence-corrected chi connectivity index (χ0v) is 13.7. The number of nitrogens with one attached hydrogen (secondary N) is 2. The van der Waals surface area contributed by atoms with Crippen LogP contribution in [-0.4, -0.2) is 17.4 Å². The normalized spacial score (nSPS) is 11.3. The summed E-state index contributed by atoms with van der Waals surface area (Å²) in [6.45, 7) is 0.607. The van der Waals surface area contributed by atoms with Crippen molar-refractivity contribution in [3.8, 4) is 0 Å². The summed E-state index contributed by atoms with van der Waals surface area (Å²) < 4.78 is 43.1. The van der Waals surface area contributed by atoms with Crippen molar-refractivity contribution in [2.45, 2.75) is 11.9 Å². The van der Waals surface area contributed by atoms with E-state index in [-0.39, 0.29) is 0 Å². The average Bonchev–Trinajstić information content (AvgIpc) is 2.99. The van der Waals surface area contributed by atoms with E-state index in [1.54, 1.807) is 18.0 Å². The Balaban J connectivity index is 1.70. The molecule has 0 unspecified atom stereocenters. The van der Waals surface area contributed by atoms with Crippen molar-refractivity contribution in [3.63, 3.8) is 0 Å². The number of rotatable bonds is 6. The van der Waals surface area contributed by atoms with Gasteiger partial charge in [0, 0.05) is 18.0 Å². The van der Waals surface area contributed by atoms with Gasteiger partial charge in [0.2, 0.25) is 0 Å². The second-order valence-corrected chi connectivity index (χ2v) is 6.10. The molecule has 0 radical (unpaired) electrons. The van der Waals surface area contributed by atoms with Gasteiger partial charge in [0.25, 0.3) is 0 Å². The monoisotopic (exact) mass is 360 g/mol. The molecule has 124 valence electrons. The zero-order valence-electron chi connectivity index (χ0n) is 12.0. The summed E-state index contributed by atoms with van der Waals surface area (Å²) in [6, 6.07) is 8.66. The van der Waals surface area contributed by atoms with Crippen LogP contribution in [0.2, 0.25) is 0 Å². The molecule has 0 saturated heterocycles. The molecule has 0 fully saturated rings. The fourth-order valence-corrected chi connectivity index (χ4v) is 2.73. The van der Waals surface area contributed by atoms with Crippen molar-refractivity contribution in [3.05, 3.63) is 54.0 Å². The van der Waals surface area contributed by atoms with Crippen molar-refractivity contribution in [2.75, 3.05) is 17.6 Å². The Morgan fingerprint density at radius 3 is 2.74 bits per heavy atom. The van der Waals surface area contributed by atoms with E-state index in [2.05, 4.69) is 10.6 Å². The Hall–Kier alpha value is -1.67. The number of thioether (sulfide) groups is 1. The lowest BCUT2D eigenvalue weighted by Gasteiger charge is -2.12. The maximum Gasteiger partial charge on any atom is 0.416 e. The Morgan fingerprint density at radius 2 is 2.04 bits per heavy atom. The van der Waals surface area contributed by atoms with Gasteiger partial charge in [-0.15, -0.1) is 0 Å². The summed E-state index contributed by atoms with van der Waals surface area (Å²) >= 11 is 6.74. The van der Waals surface area contributed by atoms with Crippen LogP contribution in [0.5, 0.6) is 0 Å². The molecule has 0 bridgehead atoms. The van der Waals surface area contributed by atoms with Crippen LogP contribution in [0.25, 0.3) is 0 Å². The van der Waals surface area contributed by atoms with Crippen LogP contribution >= 0.6 is 24.0 Å².